The molecular formula is C28H55N3. The molecule has 1 aliphatic carbocycles. The number of allylic oxidation sites excluding steroid dienone is 3. The number of hydrogen-bond acceptors (Lipinski definition) is 3. The standard InChI is InChI=1S/C10H16.C9H12.C5H14N2.C2H7N.C2H6/c1-8(2)10-7-5-4-6-9(10)3;1-7-5-4-6-8(2)9(7)3;1-2-4-7-5-3-6;1-2-3;1-2/h3-7H2,1-2H3;4-6H,1-3H3;7H,2-6H2,1H3;2-3H2,1H3;1-2H3. The van der Waals surface area contributed by atoms with Crippen molar-refractivity contribution in [3.8, 4) is 0 Å². The van der Waals surface area contributed by atoms with E-state index in [-0.39, 0.29) is 0 Å². The van der Waals surface area contributed by atoms with Crippen molar-refractivity contribution in [3.05, 3.63) is 58.2 Å². The van der Waals surface area contributed by atoms with Crippen LogP contribution in [0.15, 0.2) is 41.5 Å². The third-order valence-corrected chi connectivity index (χ3v) is 4.81. The first-order valence-corrected chi connectivity index (χ1v) is 12.2. The number of nitrogens with two attached hydrogens (primary N) is 2. The molecule has 1 aromatic rings. The molecule has 2 rings (SSSR count). The highest BCUT2D eigenvalue weighted by atomic mass is 14.9. The first kappa shape index (κ1) is 34.2. The Balaban J connectivity index is -0.000000348. The number of aryl methyl sites for hydroxylation is 2. The van der Waals surface area contributed by atoms with E-state index in [0.29, 0.717) is 0 Å². The summed E-state index contributed by atoms with van der Waals surface area (Å²) in [5.74, 6) is 0. The van der Waals surface area contributed by atoms with Crippen LogP contribution >= 0.6 is 0 Å². The van der Waals surface area contributed by atoms with Gasteiger partial charge in [0.05, 0.1) is 0 Å². The lowest BCUT2D eigenvalue weighted by atomic mass is 9.88. The summed E-state index contributed by atoms with van der Waals surface area (Å²) in [4.78, 5) is 0. The summed E-state index contributed by atoms with van der Waals surface area (Å²) in [5.41, 5.74) is 18.6. The van der Waals surface area contributed by atoms with Crippen LogP contribution in [0, 0.1) is 20.8 Å². The molecule has 5 N–H and O–H groups in total. The quantitative estimate of drug-likeness (QED) is 0.448. The van der Waals surface area contributed by atoms with E-state index in [2.05, 4.69) is 71.6 Å². The molecular weight excluding hydrogens is 378 g/mol. The molecule has 0 amide bonds. The summed E-state index contributed by atoms with van der Waals surface area (Å²) >= 11 is 0. The maximum atomic E-state index is 5.21. The summed E-state index contributed by atoms with van der Waals surface area (Å²) in [7, 11) is 0. The van der Waals surface area contributed by atoms with E-state index in [1.807, 2.05) is 20.8 Å². The van der Waals surface area contributed by atoms with E-state index >= 15 is 0 Å². The fourth-order valence-corrected chi connectivity index (χ4v) is 2.87. The van der Waals surface area contributed by atoms with Crippen molar-refractivity contribution >= 4 is 0 Å². The number of benzene rings is 1. The number of nitrogens with one attached hydrogen (secondary N) is 1. The average Bonchev–Trinajstić information content (AvgIpc) is 2.75. The van der Waals surface area contributed by atoms with Gasteiger partial charge in [-0.15, -0.1) is 0 Å². The molecule has 0 aliphatic heterocycles. The van der Waals surface area contributed by atoms with Crippen molar-refractivity contribution in [3.63, 3.8) is 0 Å². The summed E-state index contributed by atoms with van der Waals surface area (Å²) in [6.45, 7) is 26.5. The minimum Gasteiger partial charge on any atom is -0.331 e. The van der Waals surface area contributed by atoms with E-state index in [1.165, 1.54) is 65.5 Å². The van der Waals surface area contributed by atoms with Gasteiger partial charge in [-0.2, -0.15) is 0 Å². The first-order valence-electron chi connectivity index (χ1n) is 12.2. The van der Waals surface area contributed by atoms with Gasteiger partial charge < -0.3 is 16.8 Å². The van der Waals surface area contributed by atoms with Crippen LogP contribution in [0.4, 0.5) is 0 Å². The SMILES string of the molecule is C=C1CCCCC1=C(C)C.CC.CCCNCCN.CCN.Cc1cccc(C)c1C. The molecule has 0 atom stereocenters. The Kier molecular flexibility index (Phi) is 27.4. The minimum absolute atomic E-state index is 0.750. The van der Waals surface area contributed by atoms with Crippen molar-refractivity contribution in [2.45, 2.75) is 94.4 Å². The smallest absolute Gasteiger partial charge is 0.00744 e. The van der Waals surface area contributed by atoms with Crippen LogP contribution < -0.4 is 16.8 Å². The van der Waals surface area contributed by atoms with Gasteiger partial charge in [0, 0.05) is 13.1 Å². The predicted octanol–water partition coefficient (Wildman–Crippen LogP) is 7.00. The molecule has 1 aromatic carbocycles. The molecule has 1 saturated carbocycles. The predicted molar refractivity (Wildman–Crippen MR) is 145 cm³/mol. The Morgan fingerprint density at radius 3 is 1.74 bits per heavy atom. The van der Waals surface area contributed by atoms with E-state index < -0.39 is 0 Å². The second-order valence-electron chi connectivity index (χ2n) is 7.75. The van der Waals surface area contributed by atoms with Gasteiger partial charge in [-0.25, -0.2) is 0 Å². The van der Waals surface area contributed by atoms with Crippen LogP contribution in [-0.2, 0) is 0 Å². The van der Waals surface area contributed by atoms with Crippen LogP contribution in [0.3, 0.4) is 0 Å². The van der Waals surface area contributed by atoms with Gasteiger partial charge in [-0.3, -0.25) is 0 Å². The third-order valence-electron chi connectivity index (χ3n) is 4.81. The minimum atomic E-state index is 0.750. The molecule has 182 valence electrons. The number of rotatable bonds is 4. The van der Waals surface area contributed by atoms with Gasteiger partial charge in [0.2, 0.25) is 0 Å². The molecule has 0 aromatic heterocycles. The molecule has 0 bridgehead atoms. The highest BCUT2D eigenvalue weighted by Gasteiger charge is 2.09. The van der Waals surface area contributed by atoms with Gasteiger partial charge in [-0.1, -0.05) is 63.6 Å². The molecule has 0 heterocycles. The molecule has 1 aliphatic rings. The normalized spacial score (nSPS) is 12.0. The Hall–Kier alpha value is -1.42. The van der Waals surface area contributed by atoms with Crippen LogP contribution in [0.5, 0.6) is 0 Å². The molecule has 0 radical (unpaired) electrons. The zero-order valence-corrected chi connectivity index (χ0v) is 22.5. The fraction of sp³-hybridized carbons (Fsp3) is 0.643. The summed E-state index contributed by atoms with van der Waals surface area (Å²) in [6, 6.07) is 6.38. The topological polar surface area (TPSA) is 64.1 Å². The van der Waals surface area contributed by atoms with E-state index in [1.54, 1.807) is 0 Å². The summed E-state index contributed by atoms with van der Waals surface area (Å²) in [6.07, 6.45) is 6.39. The monoisotopic (exact) mass is 433 g/mol. The van der Waals surface area contributed by atoms with Crippen molar-refractivity contribution in [2.24, 2.45) is 11.5 Å². The molecule has 3 nitrogen and oxygen atoms in total. The maximum Gasteiger partial charge on any atom is 0.00744 e. The second kappa shape index (κ2) is 24.8. The summed E-state index contributed by atoms with van der Waals surface area (Å²) < 4.78 is 0. The molecule has 3 heteroatoms. The van der Waals surface area contributed by atoms with Crippen LogP contribution in [-0.4, -0.2) is 26.2 Å². The van der Waals surface area contributed by atoms with Gasteiger partial charge >= 0.3 is 0 Å². The Morgan fingerprint density at radius 2 is 1.42 bits per heavy atom. The lowest BCUT2D eigenvalue weighted by Gasteiger charge is -2.18. The van der Waals surface area contributed by atoms with Gasteiger partial charge in [-0.05, 0) is 102 Å². The first-order chi connectivity index (χ1) is 14.8. The van der Waals surface area contributed by atoms with E-state index in [0.717, 1.165) is 26.2 Å². The molecule has 0 saturated heterocycles. The van der Waals surface area contributed by atoms with Crippen LogP contribution in [0.1, 0.15) is 90.3 Å². The molecule has 0 spiro atoms. The van der Waals surface area contributed by atoms with Crippen LogP contribution in [0.2, 0.25) is 0 Å². The summed E-state index contributed by atoms with van der Waals surface area (Å²) in [5, 5.41) is 3.16. The fourth-order valence-electron chi connectivity index (χ4n) is 2.87. The Morgan fingerprint density at radius 1 is 0.935 bits per heavy atom. The highest BCUT2D eigenvalue weighted by Crippen LogP contribution is 2.29. The lowest BCUT2D eigenvalue weighted by molar-refractivity contribution is 0.675. The van der Waals surface area contributed by atoms with E-state index in [4.69, 9.17) is 11.5 Å². The molecule has 31 heavy (non-hydrogen) atoms. The molecule has 1 fully saturated rings. The number of hydrogen-bond donors (Lipinski definition) is 3. The van der Waals surface area contributed by atoms with E-state index in [9.17, 15) is 0 Å². The lowest BCUT2D eigenvalue weighted by Crippen LogP contribution is -2.22. The Labute approximate surface area is 195 Å². The van der Waals surface area contributed by atoms with Gasteiger partial charge in [0.1, 0.15) is 0 Å². The van der Waals surface area contributed by atoms with Crippen molar-refractivity contribution in [1.82, 2.24) is 5.32 Å². The zero-order valence-electron chi connectivity index (χ0n) is 22.5. The van der Waals surface area contributed by atoms with Gasteiger partial charge in [0.15, 0.2) is 0 Å². The highest BCUT2D eigenvalue weighted by molar-refractivity contribution is 5.33. The average molecular weight is 434 g/mol. The maximum absolute atomic E-state index is 5.21. The second-order valence-corrected chi connectivity index (χ2v) is 7.75. The van der Waals surface area contributed by atoms with Crippen molar-refractivity contribution in [1.29, 1.82) is 0 Å². The Bertz CT molecular complexity index is 545. The van der Waals surface area contributed by atoms with Crippen molar-refractivity contribution in [2.75, 3.05) is 26.2 Å². The van der Waals surface area contributed by atoms with Crippen LogP contribution in [0.25, 0.3) is 0 Å². The molecule has 0 unspecified atom stereocenters. The zero-order chi connectivity index (χ0) is 24.7. The van der Waals surface area contributed by atoms with Gasteiger partial charge in [0.25, 0.3) is 0 Å². The third kappa shape index (κ3) is 20.2. The van der Waals surface area contributed by atoms with Crippen molar-refractivity contribution < 1.29 is 0 Å². The largest absolute Gasteiger partial charge is 0.331 e.